The molecule has 0 saturated heterocycles. The first-order chi connectivity index (χ1) is 21.8. The smallest absolute Gasteiger partial charge is 0.282 e. The van der Waals surface area contributed by atoms with Crippen molar-refractivity contribution in [3.05, 3.63) is 115 Å². The Kier molecular flexibility index (Phi) is 9.19. The van der Waals surface area contributed by atoms with E-state index in [0.717, 1.165) is 58.6 Å². The molecule has 8 nitrogen and oxygen atoms in total. The first kappa shape index (κ1) is 30.8. The van der Waals surface area contributed by atoms with Crippen molar-refractivity contribution in [1.82, 2.24) is 14.2 Å². The number of fused-ring (bicyclic) bond motifs is 1. The zero-order chi connectivity index (χ0) is 31.5. The average molecular weight is 687 g/mol. The van der Waals surface area contributed by atoms with E-state index in [0.29, 0.717) is 27.4 Å². The van der Waals surface area contributed by atoms with Gasteiger partial charge in [-0.2, -0.15) is 9.78 Å². The van der Waals surface area contributed by atoms with Crippen LogP contribution in [0.2, 0.25) is 5.02 Å². The van der Waals surface area contributed by atoms with Gasteiger partial charge in [0.15, 0.2) is 6.61 Å². The highest BCUT2D eigenvalue weighted by molar-refractivity contribution is 9.10. The third-order valence-corrected chi connectivity index (χ3v) is 8.92. The first-order valence-corrected chi connectivity index (χ1v) is 16.2. The fourth-order valence-corrected chi connectivity index (χ4v) is 6.40. The minimum absolute atomic E-state index is 0.118. The van der Waals surface area contributed by atoms with Gasteiger partial charge in [0.2, 0.25) is 0 Å². The van der Waals surface area contributed by atoms with Gasteiger partial charge in [-0.3, -0.25) is 9.59 Å². The second-order valence-electron chi connectivity index (χ2n) is 11.3. The first-order valence-electron chi connectivity index (χ1n) is 15.0. The zero-order valence-corrected chi connectivity index (χ0v) is 27.4. The van der Waals surface area contributed by atoms with Gasteiger partial charge < -0.3 is 14.6 Å². The summed E-state index contributed by atoms with van der Waals surface area (Å²) in [6.45, 7) is 3.94. The SMILES string of the molecule is Cc1cc(C=Nn2c(C3CCCCC3)nc3ccc(Br)cc3c2=O)c(C)n1-c1ccc(OCC(=O)Nc2ccc(Cl)cc2)cc1. The molecule has 5 aromatic rings. The normalized spacial score (nSPS) is 13.9. The van der Waals surface area contributed by atoms with E-state index in [9.17, 15) is 9.59 Å². The maximum Gasteiger partial charge on any atom is 0.282 e. The number of aromatic nitrogens is 3. The van der Waals surface area contributed by atoms with Crippen molar-refractivity contribution in [2.75, 3.05) is 11.9 Å². The molecule has 3 aromatic carbocycles. The van der Waals surface area contributed by atoms with Crippen molar-refractivity contribution in [3.63, 3.8) is 0 Å². The third kappa shape index (κ3) is 6.89. The Bertz CT molecular complexity index is 1940. The average Bonchev–Trinajstić information content (AvgIpc) is 3.33. The molecule has 0 bridgehead atoms. The van der Waals surface area contributed by atoms with Crippen LogP contribution in [-0.4, -0.2) is 33.0 Å². The van der Waals surface area contributed by atoms with Crippen LogP contribution in [0.3, 0.4) is 0 Å². The van der Waals surface area contributed by atoms with E-state index in [1.807, 2.05) is 56.3 Å². The molecule has 0 unspecified atom stereocenters. The molecule has 1 aliphatic carbocycles. The Morgan fingerprint density at radius 2 is 1.78 bits per heavy atom. The van der Waals surface area contributed by atoms with Crippen molar-refractivity contribution in [2.24, 2.45) is 5.10 Å². The molecule has 1 amide bonds. The number of ether oxygens (including phenoxy) is 1. The molecule has 0 spiro atoms. The summed E-state index contributed by atoms with van der Waals surface area (Å²) in [6.07, 6.45) is 7.24. The van der Waals surface area contributed by atoms with Gasteiger partial charge in [-0.15, -0.1) is 0 Å². The van der Waals surface area contributed by atoms with Crippen LogP contribution in [0.5, 0.6) is 5.75 Å². The number of nitrogens with one attached hydrogen (secondary N) is 1. The van der Waals surface area contributed by atoms with Crippen LogP contribution in [0, 0.1) is 13.8 Å². The molecule has 1 saturated carbocycles. The van der Waals surface area contributed by atoms with E-state index in [1.54, 1.807) is 30.5 Å². The van der Waals surface area contributed by atoms with Gasteiger partial charge in [0.1, 0.15) is 11.6 Å². The number of rotatable bonds is 8. The topological polar surface area (TPSA) is 90.5 Å². The molecule has 2 heterocycles. The highest BCUT2D eigenvalue weighted by Gasteiger charge is 2.23. The van der Waals surface area contributed by atoms with E-state index in [-0.39, 0.29) is 24.0 Å². The Morgan fingerprint density at radius 3 is 2.51 bits per heavy atom. The predicted octanol–water partition coefficient (Wildman–Crippen LogP) is 8.17. The number of carbonyl (C=O) groups excluding carboxylic acids is 1. The minimum Gasteiger partial charge on any atom is -0.484 e. The fraction of sp³-hybridized carbons (Fsp3) is 0.257. The Labute approximate surface area is 274 Å². The molecule has 0 aliphatic heterocycles. The lowest BCUT2D eigenvalue weighted by molar-refractivity contribution is -0.118. The standard InChI is InChI=1S/C35H33BrClN5O3/c1-22-18-25(20-38-42-34(24-6-4-3-5-7-24)40-32-17-8-26(36)19-31(32)35(42)44)23(2)41(22)29-13-15-30(16-14-29)45-21-33(43)39-28-11-9-27(37)10-12-28/h8-20,24H,3-7,21H2,1-2H3,(H,39,43). The van der Waals surface area contributed by atoms with Crippen LogP contribution in [0.25, 0.3) is 16.6 Å². The molecule has 0 radical (unpaired) electrons. The van der Waals surface area contributed by atoms with Crippen LogP contribution in [0.15, 0.2) is 87.2 Å². The van der Waals surface area contributed by atoms with Gasteiger partial charge in [0.25, 0.3) is 11.5 Å². The zero-order valence-electron chi connectivity index (χ0n) is 25.1. The van der Waals surface area contributed by atoms with Crippen LogP contribution in [-0.2, 0) is 4.79 Å². The lowest BCUT2D eigenvalue weighted by Crippen LogP contribution is -2.25. The lowest BCUT2D eigenvalue weighted by atomic mass is 9.88. The summed E-state index contributed by atoms with van der Waals surface area (Å²) in [5, 5.41) is 8.68. The molecule has 1 fully saturated rings. The summed E-state index contributed by atoms with van der Waals surface area (Å²) in [5.74, 6) is 1.26. The van der Waals surface area contributed by atoms with Crippen molar-refractivity contribution >= 4 is 56.2 Å². The molecule has 0 atom stereocenters. The molecular weight excluding hydrogens is 654 g/mol. The monoisotopic (exact) mass is 685 g/mol. The molecule has 1 N–H and O–H groups in total. The molecular formula is C35H33BrClN5O3. The highest BCUT2D eigenvalue weighted by Crippen LogP contribution is 2.32. The number of halogens is 2. The molecule has 1 aliphatic rings. The van der Waals surface area contributed by atoms with Crippen LogP contribution in [0.4, 0.5) is 5.69 Å². The van der Waals surface area contributed by atoms with Crippen LogP contribution >= 0.6 is 27.5 Å². The summed E-state index contributed by atoms with van der Waals surface area (Å²) >= 11 is 9.40. The van der Waals surface area contributed by atoms with E-state index in [4.69, 9.17) is 26.4 Å². The number of nitrogens with zero attached hydrogens (tertiary/aromatic N) is 4. The number of anilines is 1. The molecule has 45 heavy (non-hydrogen) atoms. The van der Waals surface area contributed by atoms with Crippen molar-refractivity contribution in [3.8, 4) is 11.4 Å². The van der Waals surface area contributed by atoms with Gasteiger partial charge in [-0.25, -0.2) is 4.98 Å². The van der Waals surface area contributed by atoms with E-state index in [2.05, 4.69) is 31.9 Å². The summed E-state index contributed by atoms with van der Waals surface area (Å²) in [5.41, 5.74) is 5.04. The van der Waals surface area contributed by atoms with E-state index < -0.39 is 0 Å². The predicted molar refractivity (Wildman–Crippen MR) is 183 cm³/mol. The highest BCUT2D eigenvalue weighted by atomic mass is 79.9. The number of aryl methyl sites for hydroxylation is 1. The van der Waals surface area contributed by atoms with Gasteiger partial charge in [0.05, 0.1) is 17.1 Å². The lowest BCUT2D eigenvalue weighted by Gasteiger charge is -2.22. The number of amides is 1. The quantitative estimate of drug-likeness (QED) is 0.167. The Balaban J connectivity index is 1.22. The van der Waals surface area contributed by atoms with Crippen LogP contribution < -0.4 is 15.6 Å². The summed E-state index contributed by atoms with van der Waals surface area (Å²) in [7, 11) is 0. The second-order valence-corrected chi connectivity index (χ2v) is 12.7. The maximum absolute atomic E-state index is 13.7. The Morgan fingerprint density at radius 1 is 1.04 bits per heavy atom. The molecule has 2 aromatic heterocycles. The number of benzene rings is 3. The van der Waals surface area contributed by atoms with Crippen molar-refractivity contribution in [2.45, 2.75) is 51.9 Å². The summed E-state index contributed by atoms with van der Waals surface area (Å²) in [4.78, 5) is 31.0. The second kappa shape index (κ2) is 13.4. The van der Waals surface area contributed by atoms with E-state index in [1.165, 1.54) is 11.1 Å². The largest absolute Gasteiger partial charge is 0.484 e. The number of hydrogen-bond donors (Lipinski definition) is 1. The number of hydrogen-bond acceptors (Lipinski definition) is 5. The Hall–Kier alpha value is -4.21. The molecule has 6 rings (SSSR count). The summed E-state index contributed by atoms with van der Waals surface area (Å²) in [6, 6.07) is 22.2. The molecule has 230 valence electrons. The number of carbonyl (C=O) groups is 1. The fourth-order valence-electron chi connectivity index (χ4n) is 5.91. The molecule has 10 heteroatoms. The third-order valence-electron chi connectivity index (χ3n) is 8.18. The van der Waals surface area contributed by atoms with Gasteiger partial charge in [0, 0.05) is 43.7 Å². The summed E-state index contributed by atoms with van der Waals surface area (Å²) < 4.78 is 10.2. The maximum atomic E-state index is 13.7. The van der Waals surface area contributed by atoms with Crippen molar-refractivity contribution < 1.29 is 9.53 Å². The van der Waals surface area contributed by atoms with Gasteiger partial charge in [-0.1, -0.05) is 46.8 Å². The van der Waals surface area contributed by atoms with Crippen LogP contribution in [0.1, 0.15) is 60.8 Å². The minimum atomic E-state index is -0.262. The van der Waals surface area contributed by atoms with E-state index >= 15 is 0 Å². The van der Waals surface area contributed by atoms with Gasteiger partial charge >= 0.3 is 0 Å². The van der Waals surface area contributed by atoms with Crippen molar-refractivity contribution in [1.29, 1.82) is 0 Å². The van der Waals surface area contributed by atoms with Gasteiger partial charge in [-0.05, 0) is 99.5 Å².